The molecule has 0 aliphatic heterocycles. The van der Waals surface area contributed by atoms with Crippen molar-refractivity contribution < 1.29 is 9.47 Å². The second-order valence-electron chi connectivity index (χ2n) is 5.69. The molecule has 0 atom stereocenters. The van der Waals surface area contributed by atoms with Gasteiger partial charge in [-0.05, 0) is 41.6 Å². The number of hydrogen-bond acceptors (Lipinski definition) is 5. The molecule has 0 radical (unpaired) electrons. The van der Waals surface area contributed by atoms with Gasteiger partial charge in [0.2, 0.25) is 0 Å². The summed E-state index contributed by atoms with van der Waals surface area (Å²) in [5.41, 5.74) is 0.875. The molecule has 24 heavy (non-hydrogen) atoms. The Balaban J connectivity index is 1.80. The quantitative estimate of drug-likeness (QED) is 0.722. The van der Waals surface area contributed by atoms with Gasteiger partial charge in [0.25, 0.3) is 0 Å². The zero-order valence-corrected chi connectivity index (χ0v) is 13.9. The Labute approximate surface area is 139 Å². The van der Waals surface area contributed by atoms with Crippen LogP contribution in [0.15, 0.2) is 35.1 Å². The van der Waals surface area contributed by atoms with Gasteiger partial charge in [0.1, 0.15) is 5.82 Å². The largest absolute Gasteiger partial charge is 0.493 e. The molecule has 2 aromatic carbocycles. The summed E-state index contributed by atoms with van der Waals surface area (Å²) in [6, 6.07) is 10.2. The van der Waals surface area contributed by atoms with Crippen LogP contribution in [0, 0.1) is 0 Å². The zero-order valence-electron chi connectivity index (χ0n) is 13.9. The molecule has 1 aromatic heterocycles. The highest BCUT2D eigenvalue weighted by Crippen LogP contribution is 2.32. The van der Waals surface area contributed by atoms with E-state index in [1.54, 1.807) is 14.2 Å². The average Bonchev–Trinajstić information content (AvgIpc) is 2.98. The molecule has 0 saturated heterocycles. The van der Waals surface area contributed by atoms with E-state index in [2.05, 4.69) is 38.3 Å². The lowest BCUT2D eigenvalue weighted by molar-refractivity contribution is 0.311. The number of methoxy groups -OCH3 is 2. The molecule has 0 unspecified atom stereocenters. The van der Waals surface area contributed by atoms with Crippen LogP contribution in [0.4, 0.5) is 0 Å². The van der Waals surface area contributed by atoms with Crippen LogP contribution in [0.5, 0.6) is 11.5 Å². The molecule has 3 rings (SSSR count). The molecule has 3 aromatic rings. The van der Waals surface area contributed by atoms with Crippen molar-refractivity contribution in [2.24, 2.45) is 0 Å². The van der Waals surface area contributed by atoms with E-state index in [9.17, 15) is 4.79 Å². The van der Waals surface area contributed by atoms with Crippen molar-refractivity contribution in [3.63, 3.8) is 0 Å². The fourth-order valence-corrected chi connectivity index (χ4v) is 2.73. The zero-order chi connectivity index (χ0) is 17.1. The van der Waals surface area contributed by atoms with Gasteiger partial charge >= 0.3 is 5.69 Å². The van der Waals surface area contributed by atoms with Crippen LogP contribution in [0.1, 0.15) is 11.4 Å². The van der Waals surface area contributed by atoms with Crippen molar-refractivity contribution in [2.75, 3.05) is 21.3 Å². The first kappa shape index (κ1) is 16.1. The number of nitrogens with zero attached hydrogens (tertiary/aromatic N) is 2. The van der Waals surface area contributed by atoms with E-state index >= 15 is 0 Å². The van der Waals surface area contributed by atoms with Crippen molar-refractivity contribution in [1.82, 2.24) is 20.1 Å². The molecular weight excluding hydrogens is 308 g/mol. The topological polar surface area (TPSA) is 83.2 Å². The van der Waals surface area contributed by atoms with Crippen LogP contribution >= 0.6 is 0 Å². The van der Waals surface area contributed by atoms with E-state index < -0.39 is 0 Å². The number of aromatic nitrogens is 3. The summed E-state index contributed by atoms with van der Waals surface area (Å²) >= 11 is 0. The molecule has 0 aliphatic rings. The highest BCUT2D eigenvalue weighted by atomic mass is 16.5. The van der Waals surface area contributed by atoms with Crippen LogP contribution in [0.25, 0.3) is 10.8 Å². The predicted molar refractivity (Wildman–Crippen MR) is 91.4 cm³/mol. The molecule has 0 aliphatic carbocycles. The van der Waals surface area contributed by atoms with Gasteiger partial charge in [-0.15, -0.1) is 0 Å². The summed E-state index contributed by atoms with van der Waals surface area (Å²) in [7, 11) is 5.24. The molecule has 0 spiro atoms. The third kappa shape index (κ3) is 3.41. The van der Waals surface area contributed by atoms with Gasteiger partial charge in [-0.25, -0.2) is 9.89 Å². The molecular formula is C17H20N4O3. The Bertz CT molecular complexity index is 900. The lowest BCUT2D eigenvalue weighted by Gasteiger charge is -2.16. The fourth-order valence-electron chi connectivity index (χ4n) is 2.73. The maximum absolute atomic E-state index is 11.1. The number of benzene rings is 2. The minimum Gasteiger partial charge on any atom is -0.493 e. The Kier molecular flexibility index (Phi) is 4.52. The van der Waals surface area contributed by atoms with Crippen LogP contribution in [0.2, 0.25) is 0 Å². The second kappa shape index (κ2) is 6.76. The summed E-state index contributed by atoms with van der Waals surface area (Å²) in [4.78, 5) is 15.8. The smallest absolute Gasteiger partial charge is 0.340 e. The normalized spacial score (nSPS) is 11.2. The third-order valence-electron chi connectivity index (χ3n) is 3.83. The summed E-state index contributed by atoms with van der Waals surface area (Å²) in [5, 5.41) is 8.48. The number of H-pyrrole nitrogens is 2. The molecule has 0 bridgehead atoms. The van der Waals surface area contributed by atoms with E-state index in [0.29, 0.717) is 18.1 Å². The molecule has 1 heterocycles. The van der Waals surface area contributed by atoms with Crippen molar-refractivity contribution in [2.45, 2.75) is 13.1 Å². The minimum atomic E-state index is -0.287. The molecule has 7 nitrogen and oxygen atoms in total. The van der Waals surface area contributed by atoms with Gasteiger partial charge < -0.3 is 9.47 Å². The van der Waals surface area contributed by atoms with E-state index in [4.69, 9.17) is 9.47 Å². The van der Waals surface area contributed by atoms with E-state index in [1.165, 1.54) is 0 Å². The molecule has 2 N–H and O–H groups in total. The van der Waals surface area contributed by atoms with Gasteiger partial charge in [0.15, 0.2) is 11.5 Å². The number of ether oxygens (including phenoxy) is 2. The highest BCUT2D eigenvalue weighted by Gasteiger charge is 2.08. The van der Waals surface area contributed by atoms with Gasteiger partial charge in [-0.3, -0.25) is 9.88 Å². The van der Waals surface area contributed by atoms with Crippen molar-refractivity contribution in [3.8, 4) is 11.5 Å². The molecule has 0 amide bonds. The van der Waals surface area contributed by atoms with Crippen LogP contribution < -0.4 is 15.2 Å². The fraction of sp³-hybridized carbons (Fsp3) is 0.294. The number of nitrogens with one attached hydrogen (secondary N) is 2. The lowest BCUT2D eigenvalue weighted by atomic mass is 10.1. The van der Waals surface area contributed by atoms with Gasteiger partial charge in [0, 0.05) is 6.54 Å². The first-order valence-electron chi connectivity index (χ1n) is 7.56. The van der Waals surface area contributed by atoms with Gasteiger partial charge in [-0.1, -0.05) is 12.1 Å². The summed E-state index contributed by atoms with van der Waals surface area (Å²) in [6.45, 7) is 1.29. The van der Waals surface area contributed by atoms with Crippen molar-refractivity contribution in [3.05, 3.63) is 52.2 Å². The van der Waals surface area contributed by atoms with Crippen LogP contribution in [-0.2, 0) is 13.1 Å². The molecule has 0 saturated carbocycles. The van der Waals surface area contributed by atoms with Crippen LogP contribution in [0.3, 0.4) is 0 Å². The van der Waals surface area contributed by atoms with Gasteiger partial charge in [0.05, 0.1) is 20.8 Å². The molecule has 0 fully saturated rings. The predicted octanol–water partition coefficient (Wildman–Crippen LogP) is 1.90. The molecule has 7 heteroatoms. The maximum Gasteiger partial charge on any atom is 0.340 e. The van der Waals surface area contributed by atoms with E-state index in [-0.39, 0.29) is 5.69 Å². The number of rotatable bonds is 6. The summed E-state index contributed by atoms with van der Waals surface area (Å²) < 4.78 is 10.7. The number of fused-ring (bicyclic) bond motifs is 1. The van der Waals surface area contributed by atoms with E-state index in [0.717, 1.165) is 28.6 Å². The van der Waals surface area contributed by atoms with Crippen LogP contribution in [-0.4, -0.2) is 41.3 Å². The Hall–Kier alpha value is -2.80. The summed E-state index contributed by atoms with van der Waals surface area (Å²) in [6.07, 6.45) is 0. The minimum absolute atomic E-state index is 0.287. The van der Waals surface area contributed by atoms with Gasteiger partial charge in [-0.2, -0.15) is 5.10 Å². The van der Waals surface area contributed by atoms with E-state index in [1.807, 2.05) is 19.2 Å². The number of hydrogen-bond donors (Lipinski definition) is 2. The standard InChI is InChI=1S/C17H20N4O3/c1-21(10-16-18-17(22)20-19-16)9-11-4-5-12-7-14(23-2)15(24-3)8-13(12)6-11/h4-8H,9-10H2,1-3H3,(H2,18,19,20,22). The van der Waals surface area contributed by atoms with Crippen molar-refractivity contribution >= 4 is 10.8 Å². The maximum atomic E-state index is 11.1. The SMILES string of the molecule is COc1cc2ccc(CN(C)Cc3n[nH]c(=O)[nH]3)cc2cc1OC. The monoisotopic (exact) mass is 328 g/mol. The Morgan fingerprint density at radius 2 is 1.75 bits per heavy atom. The first-order valence-corrected chi connectivity index (χ1v) is 7.56. The average molecular weight is 328 g/mol. The second-order valence-corrected chi connectivity index (χ2v) is 5.69. The third-order valence-corrected chi connectivity index (χ3v) is 3.83. The first-order chi connectivity index (χ1) is 11.6. The lowest BCUT2D eigenvalue weighted by Crippen LogP contribution is -2.18. The Morgan fingerprint density at radius 3 is 2.38 bits per heavy atom. The number of aromatic amines is 2. The van der Waals surface area contributed by atoms with Crippen molar-refractivity contribution in [1.29, 1.82) is 0 Å². The summed E-state index contributed by atoms with van der Waals surface area (Å²) in [5.74, 6) is 2.05. The Morgan fingerprint density at radius 1 is 1.04 bits per heavy atom. The highest BCUT2D eigenvalue weighted by molar-refractivity contribution is 5.86. The molecule has 126 valence electrons.